The van der Waals surface area contributed by atoms with Gasteiger partial charge in [0, 0.05) is 17.6 Å². The van der Waals surface area contributed by atoms with Gasteiger partial charge >= 0.3 is 0 Å². The minimum absolute atomic E-state index is 0.487. The van der Waals surface area contributed by atoms with Crippen molar-refractivity contribution in [3.8, 4) is 22.8 Å². The molecule has 1 N–H and O–H groups in total. The van der Waals surface area contributed by atoms with Crippen molar-refractivity contribution >= 4 is 17.4 Å². The summed E-state index contributed by atoms with van der Waals surface area (Å²) in [7, 11) is 0. The highest BCUT2D eigenvalue weighted by molar-refractivity contribution is 6.30. The fraction of sp³-hybridized carbons (Fsp3) is 0.0435. The number of halogens is 1. The number of nitrogens with one attached hydrogen (secondary N) is 1. The van der Waals surface area contributed by atoms with Gasteiger partial charge in [-0.3, -0.25) is 0 Å². The summed E-state index contributed by atoms with van der Waals surface area (Å²) in [5.41, 5.74) is 3.42. The first-order chi connectivity index (χ1) is 13.8. The second-order valence-corrected chi connectivity index (χ2v) is 6.65. The smallest absolute Gasteiger partial charge is 0.224 e. The van der Waals surface area contributed by atoms with Crippen molar-refractivity contribution in [1.29, 1.82) is 0 Å². The largest absolute Gasteiger partial charge is 0.439 e. The van der Waals surface area contributed by atoms with Gasteiger partial charge in [0.1, 0.15) is 17.9 Å². The molecule has 0 aliphatic heterocycles. The van der Waals surface area contributed by atoms with Crippen LogP contribution in [0.2, 0.25) is 5.02 Å². The number of rotatable bonds is 6. The molecule has 0 spiro atoms. The lowest BCUT2D eigenvalue weighted by atomic mass is 10.1. The minimum atomic E-state index is 0.487. The summed E-state index contributed by atoms with van der Waals surface area (Å²) in [5.74, 6) is 1.91. The SMILES string of the molecule is Clc1ccc(CNc2cc(Oc3ccc(-c4ccccc4)cc3)ncn2)cc1. The zero-order valence-corrected chi connectivity index (χ0v) is 15.8. The summed E-state index contributed by atoms with van der Waals surface area (Å²) in [6, 6.07) is 27.6. The van der Waals surface area contributed by atoms with Crippen molar-refractivity contribution in [1.82, 2.24) is 9.97 Å². The monoisotopic (exact) mass is 387 g/mol. The first-order valence-electron chi connectivity index (χ1n) is 8.90. The zero-order valence-electron chi connectivity index (χ0n) is 15.0. The van der Waals surface area contributed by atoms with E-state index in [4.69, 9.17) is 16.3 Å². The van der Waals surface area contributed by atoms with Crippen LogP contribution in [0.1, 0.15) is 5.56 Å². The van der Waals surface area contributed by atoms with E-state index in [1.54, 1.807) is 6.07 Å². The van der Waals surface area contributed by atoms with Crippen molar-refractivity contribution in [3.63, 3.8) is 0 Å². The maximum Gasteiger partial charge on any atom is 0.224 e. The average Bonchev–Trinajstić information content (AvgIpc) is 2.75. The standard InChI is InChI=1S/C23H18ClN3O/c24-20-10-6-17(7-11-20)15-25-22-14-23(27-16-26-22)28-21-12-8-19(9-13-21)18-4-2-1-3-5-18/h1-14,16H,15H2,(H,25,26,27). The number of aromatic nitrogens is 2. The molecule has 4 nitrogen and oxygen atoms in total. The third kappa shape index (κ3) is 4.67. The Morgan fingerprint density at radius 3 is 2.25 bits per heavy atom. The second kappa shape index (κ2) is 8.55. The lowest BCUT2D eigenvalue weighted by Crippen LogP contribution is -2.02. The maximum atomic E-state index is 5.91. The molecule has 138 valence electrons. The third-order valence-electron chi connectivity index (χ3n) is 4.21. The van der Waals surface area contributed by atoms with E-state index in [-0.39, 0.29) is 0 Å². The van der Waals surface area contributed by atoms with Crippen molar-refractivity contribution in [2.24, 2.45) is 0 Å². The molecule has 0 atom stereocenters. The summed E-state index contributed by atoms with van der Waals surface area (Å²) >= 11 is 5.91. The molecule has 3 aromatic carbocycles. The molecule has 4 rings (SSSR count). The molecule has 0 aliphatic carbocycles. The number of ether oxygens (including phenoxy) is 1. The third-order valence-corrected chi connectivity index (χ3v) is 4.46. The molecule has 0 amide bonds. The molecule has 0 saturated carbocycles. The van der Waals surface area contributed by atoms with E-state index in [9.17, 15) is 0 Å². The fourth-order valence-electron chi connectivity index (χ4n) is 2.75. The van der Waals surface area contributed by atoms with Gasteiger partial charge in [-0.2, -0.15) is 0 Å². The average molecular weight is 388 g/mol. The van der Waals surface area contributed by atoms with Gasteiger partial charge in [-0.25, -0.2) is 9.97 Å². The highest BCUT2D eigenvalue weighted by Gasteiger charge is 2.03. The second-order valence-electron chi connectivity index (χ2n) is 6.21. The Balaban J connectivity index is 1.41. The minimum Gasteiger partial charge on any atom is -0.439 e. The lowest BCUT2D eigenvalue weighted by molar-refractivity contribution is 0.462. The molecule has 0 radical (unpaired) electrons. The van der Waals surface area contributed by atoms with Crippen LogP contribution in [0.25, 0.3) is 11.1 Å². The summed E-state index contributed by atoms with van der Waals surface area (Å²) in [5, 5.41) is 3.98. The van der Waals surface area contributed by atoms with Gasteiger partial charge in [0.05, 0.1) is 0 Å². The summed E-state index contributed by atoms with van der Waals surface area (Å²) < 4.78 is 5.87. The molecule has 1 aromatic heterocycles. The zero-order chi connectivity index (χ0) is 19.2. The summed E-state index contributed by atoms with van der Waals surface area (Å²) in [4.78, 5) is 8.43. The Hall–Kier alpha value is -3.37. The van der Waals surface area contributed by atoms with E-state index >= 15 is 0 Å². The first kappa shape index (κ1) is 18.0. The van der Waals surface area contributed by atoms with E-state index in [1.807, 2.05) is 66.7 Å². The number of hydrogen-bond donors (Lipinski definition) is 1. The Morgan fingerprint density at radius 1 is 0.786 bits per heavy atom. The van der Waals surface area contributed by atoms with Crippen molar-refractivity contribution in [2.75, 3.05) is 5.32 Å². The molecule has 0 unspecified atom stereocenters. The quantitative estimate of drug-likeness (QED) is 0.427. The van der Waals surface area contributed by atoms with Crippen LogP contribution in [0.15, 0.2) is 91.3 Å². The predicted molar refractivity (Wildman–Crippen MR) is 113 cm³/mol. The molecule has 28 heavy (non-hydrogen) atoms. The molecule has 5 heteroatoms. The molecule has 0 saturated heterocycles. The van der Waals surface area contributed by atoms with Crippen LogP contribution in [0.4, 0.5) is 5.82 Å². The van der Waals surface area contributed by atoms with E-state index < -0.39 is 0 Å². The van der Waals surface area contributed by atoms with Crippen LogP contribution >= 0.6 is 11.6 Å². The van der Waals surface area contributed by atoms with Gasteiger partial charge in [0.15, 0.2) is 0 Å². The van der Waals surface area contributed by atoms with Gasteiger partial charge in [0.2, 0.25) is 5.88 Å². The summed E-state index contributed by atoms with van der Waals surface area (Å²) in [6.07, 6.45) is 1.48. The van der Waals surface area contributed by atoms with Crippen LogP contribution in [0.5, 0.6) is 11.6 Å². The first-order valence-corrected chi connectivity index (χ1v) is 9.28. The molecule has 1 heterocycles. The van der Waals surface area contributed by atoms with E-state index in [0.29, 0.717) is 18.2 Å². The normalized spacial score (nSPS) is 10.5. The van der Waals surface area contributed by atoms with Crippen LogP contribution in [0.3, 0.4) is 0 Å². The predicted octanol–water partition coefficient (Wildman–Crippen LogP) is 6.20. The maximum absolute atomic E-state index is 5.91. The van der Waals surface area contributed by atoms with Gasteiger partial charge in [0.25, 0.3) is 0 Å². The highest BCUT2D eigenvalue weighted by Crippen LogP contribution is 2.25. The van der Waals surface area contributed by atoms with Crippen LogP contribution < -0.4 is 10.1 Å². The Labute approximate surface area is 168 Å². The summed E-state index contributed by atoms with van der Waals surface area (Å²) in [6.45, 7) is 0.638. The van der Waals surface area contributed by atoms with Crippen LogP contribution in [0, 0.1) is 0 Å². The Bertz CT molecular complexity index is 1040. The van der Waals surface area contributed by atoms with Crippen molar-refractivity contribution in [3.05, 3.63) is 102 Å². The highest BCUT2D eigenvalue weighted by atomic mass is 35.5. The molecular formula is C23H18ClN3O. The fourth-order valence-corrected chi connectivity index (χ4v) is 2.88. The number of hydrogen-bond acceptors (Lipinski definition) is 4. The molecule has 0 bridgehead atoms. The molecule has 0 fully saturated rings. The van der Waals surface area contributed by atoms with Gasteiger partial charge in [-0.15, -0.1) is 0 Å². The van der Waals surface area contributed by atoms with Crippen LogP contribution in [-0.2, 0) is 6.54 Å². The molecule has 4 aromatic rings. The van der Waals surface area contributed by atoms with Crippen molar-refractivity contribution < 1.29 is 4.74 Å². The topological polar surface area (TPSA) is 47.0 Å². The van der Waals surface area contributed by atoms with Gasteiger partial charge < -0.3 is 10.1 Å². The van der Waals surface area contributed by atoms with E-state index in [0.717, 1.165) is 21.9 Å². The van der Waals surface area contributed by atoms with E-state index in [1.165, 1.54) is 11.9 Å². The van der Waals surface area contributed by atoms with Gasteiger partial charge in [-0.1, -0.05) is 66.2 Å². The number of nitrogens with zero attached hydrogens (tertiary/aromatic N) is 2. The Morgan fingerprint density at radius 2 is 1.50 bits per heavy atom. The molecular weight excluding hydrogens is 370 g/mol. The molecule has 0 aliphatic rings. The number of benzene rings is 3. The number of anilines is 1. The van der Waals surface area contributed by atoms with Crippen molar-refractivity contribution in [2.45, 2.75) is 6.54 Å². The van der Waals surface area contributed by atoms with E-state index in [2.05, 4.69) is 27.4 Å². The van der Waals surface area contributed by atoms with Gasteiger partial charge in [-0.05, 0) is 41.0 Å². The Kier molecular flexibility index (Phi) is 5.50. The van der Waals surface area contributed by atoms with Crippen LogP contribution in [-0.4, -0.2) is 9.97 Å². The lowest BCUT2D eigenvalue weighted by Gasteiger charge is -2.09.